The quantitative estimate of drug-likeness (QED) is 0.852. The number of nitrogens with zero attached hydrogens (tertiary/aromatic N) is 4. The molecule has 1 saturated heterocycles. The molecule has 1 atom stereocenters. The van der Waals surface area contributed by atoms with Gasteiger partial charge in [-0.3, -0.25) is 9.48 Å². The maximum atomic E-state index is 12.5. The lowest BCUT2D eigenvalue weighted by molar-refractivity contribution is -0.149. The van der Waals surface area contributed by atoms with Crippen molar-refractivity contribution in [3.05, 3.63) is 47.8 Å². The van der Waals surface area contributed by atoms with Crippen molar-refractivity contribution in [2.75, 3.05) is 19.7 Å². The standard InChI is InChI=1S/C16H20N4O2/c1-16(13-6-4-3-5-7-13)12-20(8-9-22-16)15(21)10-14-11-17-18-19(14)2/h3-7,11H,8-10,12H2,1-2H3. The number of rotatable bonds is 3. The molecule has 6 nitrogen and oxygen atoms in total. The van der Waals surface area contributed by atoms with Gasteiger partial charge in [0.1, 0.15) is 5.60 Å². The van der Waals surface area contributed by atoms with Crippen molar-refractivity contribution in [2.45, 2.75) is 18.9 Å². The monoisotopic (exact) mass is 300 g/mol. The van der Waals surface area contributed by atoms with Gasteiger partial charge in [-0.25, -0.2) is 0 Å². The van der Waals surface area contributed by atoms with Gasteiger partial charge in [0.15, 0.2) is 0 Å². The van der Waals surface area contributed by atoms with E-state index < -0.39 is 5.60 Å². The number of hydrogen-bond acceptors (Lipinski definition) is 4. The molecular formula is C16H20N4O2. The number of carbonyl (C=O) groups is 1. The van der Waals surface area contributed by atoms with Gasteiger partial charge in [-0.15, -0.1) is 5.10 Å². The Morgan fingerprint density at radius 1 is 1.36 bits per heavy atom. The summed E-state index contributed by atoms with van der Waals surface area (Å²) < 4.78 is 7.60. The van der Waals surface area contributed by atoms with Gasteiger partial charge in [0, 0.05) is 13.6 Å². The first-order valence-electron chi connectivity index (χ1n) is 7.39. The third-order valence-electron chi connectivity index (χ3n) is 4.15. The lowest BCUT2D eigenvalue weighted by Gasteiger charge is -2.41. The molecule has 1 aromatic carbocycles. The molecule has 2 heterocycles. The zero-order valence-corrected chi connectivity index (χ0v) is 12.9. The Balaban J connectivity index is 1.73. The van der Waals surface area contributed by atoms with Gasteiger partial charge >= 0.3 is 0 Å². The van der Waals surface area contributed by atoms with Crippen LogP contribution in [0.15, 0.2) is 36.5 Å². The highest BCUT2D eigenvalue weighted by atomic mass is 16.5. The molecule has 1 aliphatic rings. The van der Waals surface area contributed by atoms with Crippen LogP contribution < -0.4 is 0 Å². The van der Waals surface area contributed by atoms with E-state index in [1.807, 2.05) is 42.2 Å². The molecule has 0 spiro atoms. The van der Waals surface area contributed by atoms with Crippen LogP contribution in [0.25, 0.3) is 0 Å². The van der Waals surface area contributed by atoms with Gasteiger partial charge in [-0.1, -0.05) is 35.5 Å². The van der Waals surface area contributed by atoms with Crippen molar-refractivity contribution in [2.24, 2.45) is 7.05 Å². The average molecular weight is 300 g/mol. The Bertz CT molecular complexity index is 655. The fourth-order valence-corrected chi connectivity index (χ4v) is 2.79. The largest absolute Gasteiger partial charge is 0.367 e. The lowest BCUT2D eigenvalue weighted by Crippen LogP contribution is -2.51. The van der Waals surface area contributed by atoms with Gasteiger partial charge in [0.2, 0.25) is 5.91 Å². The average Bonchev–Trinajstić information content (AvgIpc) is 2.93. The molecule has 3 rings (SSSR count). The second-order valence-electron chi connectivity index (χ2n) is 5.79. The molecular weight excluding hydrogens is 280 g/mol. The number of carbonyl (C=O) groups excluding carboxylic acids is 1. The molecule has 0 N–H and O–H groups in total. The van der Waals surface area contributed by atoms with Crippen LogP contribution in [0.1, 0.15) is 18.2 Å². The zero-order valence-electron chi connectivity index (χ0n) is 12.9. The van der Waals surface area contributed by atoms with Crippen molar-refractivity contribution in [3.63, 3.8) is 0 Å². The third-order valence-corrected chi connectivity index (χ3v) is 4.15. The predicted molar refractivity (Wildman–Crippen MR) is 81.0 cm³/mol. The van der Waals surface area contributed by atoms with E-state index >= 15 is 0 Å². The SMILES string of the molecule is Cn1nncc1CC(=O)N1CCOC(C)(c2ccccc2)C1. The van der Waals surface area contributed by atoms with Crippen LogP contribution >= 0.6 is 0 Å². The highest BCUT2D eigenvalue weighted by molar-refractivity contribution is 5.78. The third kappa shape index (κ3) is 2.87. The molecule has 0 bridgehead atoms. The van der Waals surface area contributed by atoms with E-state index in [1.165, 1.54) is 0 Å². The van der Waals surface area contributed by atoms with Crippen molar-refractivity contribution >= 4 is 5.91 Å². The number of hydrogen-bond donors (Lipinski definition) is 0. The molecule has 0 saturated carbocycles. The first-order chi connectivity index (χ1) is 10.6. The van der Waals surface area contributed by atoms with Gasteiger partial charge in [0.05, 0.1) is 31.5 Å². The molecule has 2 aromatic rings. The molecule has 1 fully saturated rings. The minimum Gasteiger partial charge on any atom is -0.367 e. The van der Waals surface area contributed by atoms with E-state index in [4.69, 9.17) is 4.74 Å². The number of ether oxygens (including phenoxy) is 1. The van der Waals surface area contributed by atoms with Crippen LogP contribution in [0.4, 0.5) is 0 Å². The van der Waals surface area contributed by atoms with Crippen molar-refractivity contribution in [3.8, 4) is 0 Å². The van der Waals surface area contributed by atoms with Gasteiger partial charge in [-0.2, -0.15) is 0 Å². The van der Waals surface area contributed by atoms with E-state index in [0.717, 1.165) is 11.3 Å². The smallest absolute Gasteiger partial charge is 0.228 e. The Kier molecular flexibility index (Phi) is 3.94. The maximum Gasteiger partial charge on any atom is 0.228 e. The molecule has 1 aromatic heterocycles. The van der Waals surface area contributed by atoms with Gasteiger partial charge in [0.25, 0.3) is 0 Å². The number of amides is 1. The predicted octanol–water partition coefficient (Wildman–Crippen LogP) is 1.13. The van der Waals surface area contributed by atoms with E-state index in [2.05, 4.69) is 10.3 Å². The Labute approximate surface area is 129 Å². The van der Waals surface area contributed by atoms with Gasteiger partial charge in [-0.05, 0) is 12.5 Å². The summed E-state index contributed by atoms with van der Waals surface area (Å²) in [4.78, 5) is 14.4. The normalized spacial score (nSPS) is 21.8. The summed E-state index contributed by atoms with van der Waals surface area (Å²) in [6, 6.07) is 10.0. The minimum absolute atomic E-state index is 0.0795. The van der Waals surface area contributed by atoms with Crippen LogP contribution in [0.2, 0.25) is 0 Å². The first kappa shape index (κ1) is 14.7. The summed E-state index contributed by atoms with van der Waals surface area (Å²) >= 11 is 0. The van der Waals surface area contributed by atoms with Crippen molar-refractivity contribution in [1.29, 1.82) is 0 Å². The second-order valence-corrected chi connectivity index (χ2v) is 5.79. The topological polar surface area (TPSA) is 60.2 Å². The fraction of sp³-hybridized carbons (Fsp3) is 0.438. The molecule has 6 heteroatoms. The molecule has 116 valence electrons. The van der Waals surface area contributed by atoms with E-state index in [-0.39, 0.29) is 5.91 Å². The zero-order chi connectivity index (χ0) is 15.6. The highest BCUT2D eigenvalue weighted by Crippen LogP contribution is 2.29. The number of aromatic nitrogens is 3. The van der Waals surface area contributed by atoms with E-state index in [0.29, 0.717) is 26.1 Å². The van der Waals surface area contributed by atoms with Crippen molar-refractivity contribution < 1.29 is 9.53 Å². The minimum atomic E-state index is -0.458. The molecule has 0 radical (unpaired) electrons. The first-order valence-corrected chi connectivity index (χ1v) is 7.39. The van der Waals surface area contributed by atoms with Crippen LogP contribution in [0.3, 0.4) is 0 Å². The van der Waals surface area contributed by atoms with Gasteiger partial charge < -0.3 is 9.64 Å². The van der Waals surface area contributed by atoms with Crippen LogP contribution in [-0.4, -0.2) is 45.5 Å². The summed E-state index contributed by atoms with van der Waals surface area (Å²) in [6.45, 7) is 3.75. The Morgan fingerprint density at radius 2 is 2.14 bits per heavy atom. The molecule has 1 aliphatic heterocycles. The molecule has 22 heavy (non-hydrogen) atoms. The molecule has 1 amide bonds. The van der Waals surface area contributed by atoms with Crippen LogP contribution in [0, 0.1) is 0 Å². The maximum absolute atomic E-state index is 12.5. The summed E-state index contributed by atoms with van der Waals surface area (Å²) in [6.07, 6.45) is 1.95. The van der Waals surface area contributed by atoms with E-state index in [1.54, 1.807) is 17.9 Å². The second kappa shape index (κ2) is 5.88. The molecule has 0 aliphatic carbocycles. The Morgan fingerprint density at radius 3 is 2.82 bits per heavy atom. The Hall–Kier alpha value is -2.21. The summed E-state index contributed by atoms with van der Waals surface area (Å²) in [5.74, 6) is 0.0795. The molecule has 1 unspecified atom stereocenters. The van der Waals surface area contributed by atoms with Crippen LogP contribution in [-0.2, 0) is 28.6 Å². The van der Waals surface area contributed by atoms with Crippen LogP contribution in [0.5, 0.6) is 0 Å². The van der Waals surface area contributed by atoms with Crippen molar-refractivity contribution in [1.82, 2.24) is 19.9 Å². The number of aryl methyl sites for hydroxylation is 1. The summed E-state index contributed by atoms with van der Waals surface area (Å²) in [5.41, 5.74) is 1.45. The number of benzene rings is 1. The summed E-state index contributed by atoms with van der Waals surface area (Å²) in [7, 11) is 1.79. The summed E-state index contributed by atoms with van der Waals surface area (Å²) in [5, 5.41) is 7.68. The lowest BCUT2D eigenvalue weighted by atomic mass is 9.93. The fourth-order valence-electron chi connectivity index (χ4n) is 2.79. The highest BCUT2D eigenvalue weighted by Gasteiger charge is 2.35. The van der Waals surface area contributed by atoms with E-state index in [9.17, 15) is 4.79 Å². The number of morpholine rings is 1.